The summed E-state index contributed by atoms with van der Waals surface area (Å²) in [7, 11) is 0. The number of aliphatic carboxylic acids is 1. The van der Waals surface area contributed by atoms with Crippen LogP contribution in [0.15, 0.2) is 44.6 Å². The normalized spacial score (nSPS) is 19.7. The van der Waals surface area contributed by atoms with Gasteiger partial charge in [-0.1, -0.05) is 35.2 Å². The minimum absolute atomic E-state index is 0.0565. The number of pyridine rings is 1. The first kappa shape index (κ1) is 24.9. The Labute approximate surface area is 212 Å². The zero-order valence-electron chi connectivity index (χ0n) is 18.4. The van der Waals surface area contributed by atoms with Crippen LogP contribution in [0.1, 0.15) is 19.0 Å². The molecule has 4 N–H and O–H groups in total. The molecule has 1 saturated heterocycles. The number of rotatable bonds is 10. The smallest absolute Gasteiger partial charge is 0.352 e. The molecular weight excluding hydrogens is 514 g/mol. The Morgan fingerprint density at radius 1 is 1.46 bits per heavy atom. The maximum absolute atomic E-state index is 13.1. The van der Waals surface area contributed by atoms with E-state index in [1.165, 1.54) is 52.0 Å². The van der Waals surface area contributed by atoms with Crippen molar-refractivity contribution in [1.82, 2.24) is 25.4 Å². The largest absolute Gasteiger partial charge is 0.477 e. The van der Waals surface area contributed by atoms with Crippen molar-refractivity contribution in [2.45, 2.75) is 29.1 Å². The molecule has 12 nitrogen and oxygen atoms in total. The number of anilines is 1. The van der Waals surface area contributed by atoms with Gasteiger partial charge in [-0.15, -0.1) is 22.0 Å². The van der Waals surface area contributed by atoms with Crippen molar-refractivity contribution in [3.05, 3.63) is 40.8 Å². The Kier molecular flexibility index (Phi) is 7.87. The van der Waals surface area contributed by atoms with Gasteiger partial charge in [-0.3, -0.25) is 19.5 Å². The molecule has 0 saturated carbocycles. The number of nitrogens with one attached hydrogen (secondary N) is 1. The van der Waals surface area contributed by atoms with Crippen LogP contribution >= 0.6 is 34.9 Å². The summed E-state index contributed by atoms with van der Waals surface area (Å²) in [5.41, 5.74) is 8.41. The molecular formula is C20H21N7O5S3. The van der Waals surface area contributed by atoms with Gasteiger partial charge in [0.25, 0.3) is 11.8 Å². The van der Waals surface area contributed by atoms with Crippen LogP contribution in [0.5, 0.6) is 0 Å². The van der Waals surface area contributed by atoms with E-state index < -0.39 is 29.2 Å². The number of carboxylic acids is 1. The molecule has 0 aliphatic carbocycles. The second-order valence-corrected chi connectivity index (χ2v) is 10.5. The number of hydrogen-bond acceptors (Lipinski definition) is 12. The highest BCUT2D eigenvalue weighted by atomic mass is 32.2. The van der Waals surface area contributed by atoms with Crippen molar-refractivity contribution in [1.29, 1.82) is 0 Å². The van der Waals surface area contributed by atoms with Gasteiger partial charge in [-0.2, -0.15) is 0 Å². The predicted octanol–water partition coefficient (Wildman–Crippen LogP) is 1.18. The predicted molar refractivity (Wildman–Crippen MR) is 132 cm³/mol. The Morgan fingerprint density at radius 3 is 2.97 bits per heavy atom. The van der Waals surface area contributed by atoms with E-state index in [4.69, 9.17) is 10.6 Å². The van der Waals surface area contributed by atoms with Crippen LogP contribution in [0, 0.1) is 0 Å². The number of amides is 2. The molecule has 2 atom stereocenters. The summed E-state index contributed by atoms with van der Waals surface area (Å²) >= 11 is 4.10. The van der Waals surface area contributed by atoms with E-state index >= 15 is 0 Å². The average Bonchev–Trinajstić information content (AvgIpc) is 3.36. The number of fused-ring (bicyclic) bond motifs is 1. The van der Waals surface area contributed by atoms with Gasteiger partial charge in [0.1, 0.15) is 29.2 Å². The maximum Gasteiger partial charge on any atom is 0.352 e. The number of oxime groups is 1. The number of aromatic nitrogens is 3. The number of thioether (sulfide) groups is 2. The van der Waals surface area contributed by atoms with Gasteiger partial charge in [0, 0.05) is 23.4 Å². The van der Waals surface area contributed by atoms with Crippen LogP contribution in [-0.4, -0.2) is 78.2 Å². The highest BCUT2D eigenvalue weighted by Gasteiger charge is 2.54. The minimum atomic E-state index is -1.19. The van der Waals surface area contributed by atoms with Gasteiger partial charge in [0.05, 0.1) is 5.69 Å². The van der Waals surface area contributed by atoms with Gasteiger partial charge in [0.2, 0.25) is 0 Å². The quantitative estimate of drug-likeness (QED) is 0.131. The van der Waals surface area contributed by atoms with Gasteiger partial charge in [-0.25, -0.2) is 4.79 Å². The van der Waals surface area contributed by atoms with E-state index in [1.54, 1.807) is 11.6 Å². The second kappa shape index (κ2) is 11.0. The van der Waals surface area contributed by atoms with Crippen molar-refractivity contribution < 1.29 is 24.3 Å². The third-order valence-corrected chi connectivity index (χ3v) is 8.23. The first-order valence-corrected chi connectivity index (χ1v) is 13.3. The number of carbonyl (C=O) groups is 3. The van der Waals surface area contributed by atoms with Crippen LogP contribution in [0.2, 0.25) is 0 Å². The number of β-lactam (4-membered cyclic amide) rings is 1. The summed E-state index contributed by atoms with van der Waals surface area (Å²) in [5, 5.41) is 23.5. The molecule has 1 fully saturated rings. The Morgan fingerprint density at radius 2 is 2.29 bits per heavy atom. The summed E-state index contributed by atoms with van der Waals surface area (Å²) in [5.74, 6) is -1.62. The SMILES string of the molecule is CCCO/N=C(/C(=O)NC1C(=O)N2C(C(=O)O)=C(CSc3nncs3)CSC12)c1cc(N)ccn1. The molecule has 2 amide bonds. The second-order valence-electron chi connectivity index (χ2n) is 7.36. The molecule has 0 radical (unpaired) electrons. The maximum atomic E-state index is 13.1. The van der Waals surface area contributed by atoms with E-state index in [1.807, 2.05) is 6.92 Å². The fourth-order valence-corrected chi connectivity index (χ4v) is 6.33. The van der Waals surface area contributed by atoms with E-state index in [2.05, 4.69) is 25.7 Å². The number of nitrogens with zero attached hydrogens (tertiary/aromatic N) is 5. The lowest BCUT2D eigenvalue weighted by atomic mass is 10.0. The zero-order chi connectivity index (χ0) is 24.9. The lowest BCUT2D eigenvalue weighted by Crippen LogP contribution is -2.71. The Balaban J connectivity index is 1.50. The molecule has 0 aromatic carbocycles. The average molecular weight is 536 g/mol. The lowest BCUT2D eigenvalue weighted by Gasteiger charge is -2.49. The van der Waals surface area contributed by atoms with Gasteiger partial charge in [-0.05, 0) is 24.1 Å². The molecule has 184 valence electrons. The number of hydrogen-bond donors (Lipinski definition) is 3. The standard InChI is InChI=1S/C20H21N7O5S3/c1-2-5-32-26-13(12-6-11(21)3-4-22-12)16(28)24-14-17(29)27-15(19(30)31)10(7-33-18(14)27)8-34-20-25-23-9-35-20/h3-4,6,9,14,18H,2,5,7-8H2,1H3,(H2,21,22)(H,24,28)(H,30,31)/b26-13+. The molecule has 4 heterocycles. The molecule has 2 unspecified atom stereocenters. The minimum Gasteiger partial charge on any atom is -0.477 e. The summed E-state index contributed by atoms with van der Waals surface area (Å²) in [6.45, 7) is 2.18. The van der Waals surface area contributed by atoms with Gasteiger partial charge >= 0.3 is 5.97 Å². The zero-order valence-corrected chi connectivity index (χ0v) is 20.9. The monoisotopic (exact) mass is 535 g/mol. The topological polar surface area (TPSA) is 173 Å². The Bertz CT molecular complexity index is 1190. The third-order valence-electron chi connectivity index (χ3n) is 4.94. The van der Waals surface area contributed by atoms with Crippen molar-refractivity contribution in [2.24, 2.45) is 5.16 Å². The summed E-state index contributed by atoms with van der Waals surface area (Å²) < 4.78 is 0.710. The molecule has 15 heteroatoms. The van der Waals surface area contributed by atoms with Crippen molar-refractivity contribution in [3.8, 4) is 0 Å². The Hall–Kier alpha value is -3.17. The van der Waals surface area contributed by atoms with Crippen LogP contribution < -0.4 is 11.1 Å². The van der Waals surface area contributed by atoms with Gasteiger partial charge < -0.3 is 21.0 Å². The van der Waals surface area contributed by atoms with E-state index in [-0.39, 0.29) is 23.7 Å². The number of carbonyl (C=O) groups excluding carboxylic acids is 2. The summed E-state index contributed by atoms with van der Waals surface area (Å²) in [6.07, 6.45) is 2.12. The first-order valence-electron chi connectivity index (χ1n) is 10.4. The van der Waals surface area contributed by atoms with Crippen LogP contribution in [0.4, 0.5) is 5.69 Å². The molecule has 0 spiro atoms. The highest BCUT2D eigenvalue weighted by Crippen LogP contribution is 2.41. The highest BCUT2D eigenvalue weighted by molar-refractivity contribution is 8.01. The molecule has 2 aliphatic rings. The number of nitrogens with two attached hydrogens (primary N) is 1. The van der Waals surface area contributed by atoms with Crippen LogP contribution in [0.3, 0.4) is 0 Å². The molecule has 2 aliphatic heterocycles. The number of carboxylic acid groups (broad SMARTS) is 1. The fourth-order valence-electron chi connectivity index (χ4n) is 3.36. The molecule has 2 aromatic heterocycles. The fraction of sp³-hybridized carbons (Fsp3) is 0.350. The van der Waals surface area contributed by atoms with Gasteiger partial charge in [0.15, 0.2) is 10.1 Å². The van der Waals surface area contributed by atoms with Crippen molar-refractivity contribution in [2.75, 3.05) is 23.8 Å². The number of nitrogen functional groups attached to an aromatic ring is 1. The van der Waals surface area contributed by atoms with E-state index in [9.17, 15) is 19.5 Å². The van der Waals surface area contributed by atoms with Crippen LogP contribution in [0.25, 0.3) is 0 Å². The van der Waals surface area contributed by atoms with E-state index in [0.29, 0.717) is 33.5 Å². The first-order chi connectivity index (χ1) is 16.9. The molecule has 4 rings (SSSR count). The van der Waals surface area contributed by atoms with E-state index in [0.717, 1.165) is 0 Å². The van der Waals surface area contributed by atoms with Crippen molar-refractivity contribution in [3.63, 3.8) is 0 Å². The van der Waals surface area contributed by atoms with Crippen LogP contribution in [-0.2, 0) is 19.2 Å². The third kappa shape index (κ3) is 5.41. The lowest BCUT2D eigenvalue weighted by molar-refractivity contribution is -0.150. The molecule has 0 bridgehead atoms. The summed E-state index contributed by atoms with van der Waals surface area (Å²) in [6, 6.07) is 2.13. The molecule has 2 aromatic rings. The van der Waals surface area contributed by atoms with Crippen molar-refractivity contribution >= 4 is 64.0 Å². The summed E-state index contributed by atoms with van der Waals surface area (Å²) in [4.78, 5) is 48.6. The molecule has 35 heavy (non-hydrogen) atoms.